The van der Waals surface area contributed by atoms with Crippen LogP contribution in [0.25, 0.3) is 0 Å². The minimum Gasteiger partial charge on any atom is -0.497 e. The van der Waals surface area contributed by atoms with E-state index in [1.165, 1.54) is 32.1 Å². The first-order chi connectivity index (χ1) is 10.6. The fourth-order valence-electron chi connectivity index (χ4n) is 2.68. The first-order valence-electron chi connectivity index (χ1n) is 7.81. The fourth-order valence-corrected chi connectivity index (χ4v) is 4.04. The fraction of sp³-hybridized carbons (Fsp3) is 0.588. The Bertz CT molecular complexity index is 478. The second-order valence-corrected chi connectivity index (χ2v) is 7.27. The molecule has 0 heterocycles. The van der Waals surface area contributed by atoms with Gasteiger partial charge < -0.3 is 14.8 Å². The highest BCUT2D eigenvalue weighted by molar-refractivity contribution is 8.01. The Morgan fingerprint density at radius 2 is 1.73 bits per heavy atom. The maximum atomic E-state index is 12.4. The maximum Gasteiger partial charge on any atom is 0.237 e. The number of nitrogens with one attached hydrogen (secondary N) is 1. The molecule has 1 atom stereocenters. The number of anilines is 1. The summed E-state index contributed by atoms with van der Waals surface area (Å²) in [6.45, 7) is 1.98. The van der Waals surface area contributed by atoms with Gasteiger partial charge in [-0.3, -0.25) is 4.79 Å². The molecule has 1 aromatic rings. The number of benzene rings is 1. The third kappa shape index (κ3) is 4.83. The molecule has 1 aromatic carbocycles. The minimum atomic E-state index is -0.0553. The molecule has 0 aromatic heterocycles. The van der Waals surface area contributed by atoms with E-state index in [1.54, 1.807) is 44.2 Å². The van der Waals surface area contributed by atoms with E-state index in [2.05, 4.69) is 5.32 Å². The van der Waals surface area contributed by atoms with Gasteiger partial charge in [0.05, 0.1) is 19.5 Å². The van der Waals surface area contributed by atoms with Crippen molar-refractivity contribution >= 4 is 23.4 Å². The Morgan fingerprint density at radius 1 is 1.14 bits per heavy atom. The summed E-state index contributed by atoms with van der Waals surface area (Å²) >= 11 is 1.79. The van der Waals surface area contributed by atoms with Crippen LogP contribution in [0.15, 0.2) is 18.2 Å². The highest BCUT2D eigenvalue weighted by Gasteiger charge is 2.21. The number of hydrogen-bond acceptors (Lipinski definition) is 4. The van der Waals surface area contributed by atoms with Crippen LogP contribution in [0.4, 0.5) is 5.69 Å². The summed E-state index contributed by atoms with van der Waals surface area (Å²) in [6.07, 6.45) is 6.38. The molecule has 2 rings (SSSR count). The predicted molar refractivity (Wildman–Crippen MR) is 92.1 cm³/mol. The molecular weight excluding hydrogens is 298 g/mol. The minimum absolute atomic E-state index is 0.0332. The molecule has 122 valence electrons. The number of thioether (sulfide) groups is 1. The van der Waals surface area contributed by atoms with Gasteiger partial charge in [0, 0.05) is 29.1 Å². The maximum absolute atomic E-state index is 12.4. The van der Waals surface area contributed by atoms with Crippen LogP contribution in [0.5, 0.6) is 11.5 Å². The molecular formula is C17H25NO3S. The Hall–Kier alpha value is -1.36. The van der Waals surface area contributed by atoms with E-state index in [1.807, 2.05) is 6.92 Å². The van der Waals surface area contributed by atoms with E-state index in [-0.39, 0.29) is 11.2 Å². The largest absolute Gasteiger partial charge is 0.497 e. The van der Waals surface area contributed by atoms with Gasteiger partial charge in [0.2, 0.25) is 5.91 Å². The molecule has 5 heteroatoms. The van der Waals surface area contributed by atoms with Crippen LogP contribution in [0, 0.1) is 0 Å². The Balaban J connectivity index is 1.95. The van der Waals surface area contributed by atoms with Crippen LogP contribution < -0.4 is 14.8 Å². The Labute approximate surface area is 137 Å². The number of hydrogen-bond donors (Lipinski definition) is 1. The van der Waals surface area contributed by atoms with Gasteiger partial charge in [-0.25, -0.2) is 0 Å². The molecule has 1 aliphatic carbocycles. The summed E-state index contributed by atoms with van der Waals surface area (Å²) in [6, 6.07) is 5.40. The molecule has 0 saturated heterocycles. The van der Waals surface area contributed by atoms with E-state index in [0.717, 1.165) is 0 Å². The lowest BCUT2D eigenvalue weighted by atomic mass is 10.0. The molecule has 22 heavy (non-hydrogen) atoms. The third-order valence-electron chi connectivity index (χ3n) is 3.94. The molecule has 1 unspecified atom stereocenters. The lowest BCUT2D eigenvalue weighted by Gasteiger charge is -2.24. The smallest absolute Gasteiger partial charge is 0.237 e. The molecule has 0 radical (unpaired) electrons. The molecule has 0 bridgehead atoms. The standard InChI is InChI=1S/C17H25NO3S/c1-12(22-16-7-5-4-6-8-16)17(19)18-13-9-14(20-2)11-15(10-13)21-3/h9-12,16H,4-8H2,1-3H3,(H,18,19). The van der Waals surface area contributed by atoms with Crippen molar-refractivity contribution in [1.82, 2.24) is 0 Å². The van der Waals surface area contributed by atoms with Gasteiger partial charge in [-0.15, -0.1) is 11.8 Å². The SMILES string of the molecule is COc1cc(NC(=O)C(C)SC2CCCCC2)cc(OC)c1. The molecule has 1 aliphatic rings. The van der Waals surface area contributed by atoms with E-state index in [9.17, 15) is 4.79 Å². The highest BCUT2D eigenvalue weighted by Crippen LogP contribution is 2.32. The van der Waals surface area contributed by atoms with Crippen molar-refractivity contribution in [2.75, 3.05) is 19.5 Å². The van der Waals surface area contributed by atoms with Gasteiger partial charge in [0.15, 0.2) is 0 Å². The van der Waals surface area contributed by atoms with Crippen LogP contribution in [0.1, 0.15) is 39.0 Å². The van der Waals surface area contributed by atoms with Crippen LogP contribution in [0.3, 0.4) is 0 Å². The van der Waals surface area contributed by atoms with Gasteiger partial charge in [0.1, 0.15) is 11.5 Å². The van der Waals surface area contributed by atoms with Gasteiger partial charge in [-0.05, 0) is 19.8 Å². The molecule has 1 amide bonds. The summed E-state index contributed by atoms with van der Waals surface area (Å²) in [5.41, 5.74) is 0.706. The number of methoxy groups -OCH3 is 2. The van der Waals surface area contributed by atoms with E-state index >= 15 is 0 Å². The zero-order valence-electron chi connectivity index (χ0n) is 13.6. The zero-order chi connectivity index (χ0) is 15.9. The van der Waals surface area contributed by atoms with Crippen molar-refractivity contribution in [3.05, 3.63) is 18.2 Å². The quantitative estimate of drug-likeness (QED) is 0.856. The van der Waals surface area contributed by atoms with E-state index in [0.29, 0.717) is 22.4 Å². The topological polar surface area (TPSA) is 47.6 Å². The highest BCUT2D eigenvalue weighted by atomic mass is 32.2. The van der Waals surface area contributed by atoms with E-state index < -0.39 is 0 Å². The molecule has 1 fully saturated rings. The first-order valence-corrected chi connectivity index (χ1v) is 8.76. The number of ether oxygens (including phenoxy) is 2. The Morgan fingerprint density at radius 3 is 2.27 bits per heavy atom. The second kappa shape index (κ2) is 8.32. The molecule has 0 spiro atoms. The Kier molecular flexibility index (Phi) is 6.43. The van der Waals surface area contributed by atoms with Crippen LogP contribution in [-0.4, -0.2) is 30.6 Å². The monoisotopic (exact) mass is 323 g/mol. The van der Waals surface area contributed by atoms with Gasteiger partial charge in [-0.1, -0.05) is 19.3 Å². The van der Waals surface area contributed by atoms with Gasteiger partial charge >= 0.3 is 0 Å². The van der Waals surface area contributed by atoms with Gasteiger partial charge in [-0.2, -0.15) is 0 Å². The average molecular weight is 323 g/mol. The molecule has 1 saturated carbocycles. The summed E-state index contributed by atoms with van der Waals surface area (Å²) in [4.78, 5) is 12.4. The summed E-state index contributed by atoms with van der Waals surface area (Å²) in [5.74, 6) is 1.37. The van der Waals surface area contributed by atoms with Crippen LogP contribution >= 0.6 is 11.8 Å². The lowest BCUT2D eigenvalue weighted by molar-refractivity contribution is -0.115. The van der Waals surface area contributed by atoms with Crippen molar-refractivity contribution in [2.45, 2.75) is 49.5 Å². The predicted octanol–water partition coefficient (Wildman–Crippen LogP) is 4.10. The van der Waals surface area contributed by atoms with E-state index in [4.69, 9.17) is 9.47 Å². The zero-order valence-corrected chi connectivity index (χ0v) is 14.4. The van der Waals surface area contributed by atoms with Crippen LogP contribution in [0.2, 0.25) is 0 Å². The third-order valence-corrected chi connectivity index (χ3v) is 5.42. The van der Waals surface area contributed by atoms with Crippen molar-refractivity contribution < 1.29 is 14.3 Å². The first kappa shape index (κ1) is 17.0. The normalized spacial score (nSPS) is 16.9. The number of carbonyl (C=O) groups excluding carboxylic acids is 1. The van der Waals surface area contributed by atoms with Crippen molar-refractivity contribution in [2.24, 2.45) is 0 Å². The molecule has 0 aliphatic heterocycles. The van der Waals surface area contributed by atoms with Crippen molar-refractivity contribution in [3.63, 3.8) is 0 Å². The summed E-state index contributed by atoms with van der Waals surface area (Å²) in [5, 5.41) is 3.53. The molecule has 4 nitrogen and oxygen atoms in total. The summed E-state index contributed by atoms with van der Waals surface area (Å²) < 4.78 is 10.4. The number of carbonyl (C=O) groups is 1. The number of rotatable bonds is 6. The second-order valence-electron chi connectivity index (χ2n) is 5.63. The summed E-state index contributed by atoms with van der Waals surface area (Å²) in [7, 11) is 3.20. The van der Waals surface area contributed by atoms with Crippen molar-refractivity contribution in [3.8, 4) is 11.5 Å². The average Bonchev–Trinajstić information content (AvgIpc) is 2.55. The number of amides is 1. The lowest BCUT2D eigenvalue weighted by Crippen LogP contribution is -2.25. The van der Waals surface area contributed by atoms with Gasteiger partial charge in [0.25, 0.3) is 0 Å². The van der Waals surface area contributed by atoms with Crippen molar-refractivity contribution in [1.29, 1.82) is 0 Å². The molecule has 1 N–H and O–H groups in total. The van der Waals surface area contributed by atoms with Crippen LogP contribution in [-0.2, 0) is 4.79 Å².